The van der Waals surface area contributed by atoms with Gasteiger partial charge in [0.15, 0.2) is 5.78 Å². The molecule has 0 saturated heterocycles. The summed E-state index contributed by atoms with van der Waals surface area (Å²) < 4.78 is 19.6. The van der Waals surface area contributed by atoms with Gasteiger partial charge in [-0.05, 0) is 36.1 Å². The molecule has 1 aliphatic heterocycles. The number of ether oxygens (including phenoxy) is 1. The standard InChI is InChI=1S/C24H22FNO3/c1-15-21(24(28)29-14-16-7-3-2-4-8-16)22(17-9-5-10-18(25)13-17)23-19(26-15)11-6-12-20(23)27/h2-5,7-10,13,21-22,26H,1,6,11-12,14H2. The molecule has 0 amide bonds. The van der Waals surface area contributed by atoms with E-state index in [4.69, 9.17) is 4.74 Å². The molecule has 2 atom stereocenters. The number of benzene rings is 2. The third-order valence-electron chi connectivity index (χ3n) is 5.47. The third-order valence-corrected chi connectivity index (χ3v) is 5.47. The minimum atomic E-state index is -0.804. The molecule has 0 aromatic heterocycles. The lowest BCUT2D eigenvalue weighted by Gasteiger charge is -2.38. The Labute approximate surface area is 169 Å². The van der Waals surface area contributed by atoms with E-state index in [-0.39, 0.29) is 12.4 Å². The number of allylic oxidation sites excluding steroid dienone is 2. The lowest BCUT2D eigenvalue weighted by atomic mass is 9.71. The van der Waals surface area contributed by atoms with E-state index in [1.165, 1.54) is 12.1 Å². The molecular weight excluding hydrogens is 369 g/mol. The highest BCUT2D eigenvalue weighted by atomic mass is 19.1. The van der Waals surface area contributed by atoms with Crippen LogP contribution in [0.25, 0.3) is 0 Å². The molecule has 0 spiro atoms. The molecule has 4 rings (SSSR count). The summed E-state index contributed by atoms with van der Waals surface area (Å²) in [6.07, 6.45) is 1.87. The lowest BCUT2D eigenvalue weighted by molar-refractivity contribution is -0.149. The molecule has 0 bridgehead atoms. The Hall–Kier alpha value is -3.21. The van der Waals surface area contributed by atoms with Crippen LogP contribution >= 0.6 is 0 Å². The Balaban J connectivity index is 1.70. The third kappa shape index (κ3) is 3.86. The zero-order valence-corrected chi connectivity index (χ0v) is 16.0. The van der Waals surface area contributed by atoms with Gasteiger partial charge in [-0.2, -0.15) is 0 Å². The number of esters is 1. The quantitative estimate of drug-likeness (QED) is 0.786. The molecule has 0 fully saturated rings. The summed E-state index contributed by atoms with van der Waals surface area (Å²) in [5.41, 5.74) is 3.26. The molecule has 5 heteroatoms. The number of ketones is 1. The van der Waals surface area contributed by atoms with Gasteiger partial charge in [-0.25, -0.2) is 4.39 Å². The number of halogens is 1. The highest BCUT2D eigenvalue weighted by molar-refractivity contribution is 6.00. The van der Waals surface area contributed by atoms with Crippen LogP contribution in [0.5, 0.6) is 0 Å². The van der Waals surface area contributed by atoms with Crippen molar-refractivity contribution in [2.75, 3.05) is 0 Å². The molecule has 2 aromatic rings. The summed E-state index contributed by atoms with van der Waals surface area (Å²) in [7, 11) is 0. The van der Waals surface area contributed by atoms with E-state index in [2.05, 4.69) is 11.9 Å². The highest BCUT2D eigenvalue weighted by Crippen LogP contribution is 2.44. The number of hydrogen-bond donors (Lipinski definition) is 1. The van der Waals surface area contributed by atoms with Gasteiger partial charge in [0.2, 0.25) is 0 Å². The number of Topliss-reactive ketones (excluding diaryl/α,β-unsaturated/α-hetero) is 1. The van der Waals surface area contributed by atoms with Crippen LogP contribution in [0.15, 0.2) is 78.1 Å². The monoisotopic (exact) mass is 391 g/mol. The van der Waals surface area contributed by atoms with Crippen LogP contribution in [0, 0.1) is 11.7 Å². The average Bonchev–Trinajstić information content (AvgIpc) is 2.72. The van der Waals surface area contributed by atoms with Crippen LogP contribution < -0.4 is 5.32 Å². The van der Waals surface area contributed by atoms with Gasteiger partial charge in [0.1, 0.15) is 18.3 Å². The first-order valence-corrected chi connectivity index (χ1v) is 9.72. The van der Waals surface area contributed by atoms with Crippen molar-refractivity contribution in [2.45, 2.75) is 31.8 Å². The molecule has 2 aromatic carbocycles. The Kier molecular flexibility index (Phi) is 5.30. The topological polar surface area (TPSA) is 55.4 Å². The van der Waals surface area contributed by atoms with Gasteiger partial charge in [-0.1, -0.05) is 49.0 Å². The maximum atomic E-state index is 14.0. The fraction of sp³-hybridized carbons (Fsp3) is 0.250. The molecule has 29 heavy (non-hydrogen) atoms. The van der Waals surface area contributed by atoms with Crippen LogP contribution in [0.3, 0.4) is 0 Å². The largest absolute Gasteiger partial charge is 0.460 e. The minimum Gasteiger partial charge on any atom is -0.460 e. The smallest absolute Gasteiger partial charge is 0.316 e. The molecule has 2 aliphatic rings. The van der Waals surface area contributed by atoms with Crippen molar-refractivity contribution in [1.29, 1.82) is 0 Å². The maximum absolute atomic E-state index is 14.0. The van der Waals surface area contributed by atoms with E-state index < -0.39 is 23.6 Å². The van der Waals surface area contributed by atoms with Crippen molar-refractivity contribution in [3.63, 3.8) is 0 Å². The van der Waals surface area contributed by atoms with Crippen molar-refractivity contribution in [3.05, 3.63) is 95.1 Å². The predicted octanol–water partition coefficient (Wildman–Crippen LogP) is 4.39. The van der Waals surface area contributed by atoms with E-state index in [0.29, 0.717) is 29.7 Å². The first kappa shape index (κ1) is 19.1. The van der Waals surface area contributed by atoms with E-state index >= 15 is 0 Å². The Morgan fingerprint density at radius 2 is 1.93 bits per heavy atom. The fourth-order valence-corrected chi connectivity index (χ4v) is 4.15. The summed E-state index contributed by atoms with van der Waals surface area (Å²) in [6.45, 7) is 4.16. The molecule has 1 heterocycles. The number of carbonyl (C=O) groups excluding carboxylic acids is 2. The van der Waals surface area contributed by atoms with Crippen LogP contribution in [0.4, 0.5) is 4.39 Å². The van der Waals surface area contributed by atoms with E-state index in [0.717, 1.165) is 17.7 Å². The zero-order valence-electron chi connectivity index (χ0n) is 16.0. The van der Waals surface area contributed by atoms with E-state index in [9.17, 15) is 14.0 Å². The van der Waals surface area contributed by atoms with Gasteiger partial charge >= 0.3 is 5.97 Å². The maximum Gasteiger partial charge on any atom is 0.316 e. The number of carbonyl (C=O) groups is 2. The van der Waals surface area contributed by atoms with E-state index in [1.807, 2.05) is 30.3 Å². The lowest BCUT2D eigenvalue weighted by Crippen LogP contribution is -2.41. The highest BCUT2D eigenvalue weighted by Gasteiger charge is 2.43. The Bertz CT molecular complexity index is 996. The molecule has 1 aliphatic carbocycles. The van der Waals surface area contributed by atoms with Gasteiger partial charge in [0.25, 0.3) is 0 Å². The second-order valence-corrected chi connectivity index (χ2v) is 7.42. The first-order valence-electron chi connectivity index (χ1n) is 9.72. The molecule has 0 radical (unpaired) electrons. The predicted molar refractivity (Wildman–Crippen MR) is 107 cm³/mol. The first-order chi connectivity index (χ1) is 14.0. The van der Waals surface area contributed by atoms with Gasteiger partial charge < -0.3 is 10.1 Å². The fourth-order valence-electron chi connectivity index (χ4n) is 4.15. The second-order valence-electron chi connectivity index (χ2n) is 7.42. The van der Waals surface area contributed by atoms with Crippen LogP contribution in [-0.4, -0.2) is 11.8 Å². The summed E-state index contributed by atoms with van der Waals surface area (Å²) in [5, 5.41) is 3.16. The van der Waals surface area contributed by atoms with Crippen LogP contribution in [-0.2, 0) is 20.9 Å². The molecule has 0 saturated carbocycles. The molecule has 148 valence electrons. The summed E-state index contributed by atoms with van der Waals surface area (Å²) >= 11 is 0. The molecule has 4 nitrogen and oxygen atoms in total. The number of nitrogens with one attached hydrogen (secondary N) is 1. The van der Waals surface area contributed by atoms with Crippen LogP contribution in [0.1, 0.15) is 36.3 Å². The number of hydrogen-bond acceptors (Lipinski definition) is 4. The molecular formula is C24H22FNO3. The minimum absolute atomic E-state index is 0.0126. The van der Waals surface area contributed by atoms with Crippen molar-refractivity contribution in [2.24, 2.45) is 5.92 Å². The zero-order chi connectivity index (χ0) is 20.4. The summed E-state index contributed by atoms with van der Waals surface area (Å²) in [4.78, 5) is 25.9. The summed E-state index contributed by atoms with van der Waals surface area (Å²) in [6, 6.07) is 15.4. The average molecular weight is 391 g/mol. The van der Waals surface area contributed by atoms with Crippen LogP contribution in [0.2, 0.25) is 0 Å². The van der Waals surface area contributed by atoms with Gasteiger partial charge in [0.05, 0.1) is 0 Å². The van der Waals surface area contributed by atoms with Gasteiger partial charge in [-0.15, -0.1) is 0 Å². The molecule has 2 unspecified atom stereocenters. The van der Waals surface area contributed by atoms with Crippen molar-refractivity contribution >= 4 is 11.8 Å². The number of rotatable bonds is 4. The summed E-state index contributed by atoms with van der Waals surface area (Å²) in [5.74, 6) is -2.31. The van der Waals surface area contributed by atoms with E-state index in [1.54, 1.807) is 12.1 Å². The van der Waals surface area contributed by atoms with Crippen molar-refractivity contribution < 1.29 is 18.7 Å². The van der Waals surface area contributed by atoms with Crippen molar-refractivity contribution in [1.82, 2.24) is 5.32 Å². The Morgan fingerprint density at radius 1 is 1.14 bits per heavy atom. The second kappa shape index (κ2) is 8.03. The Morgan fingerprint density at radius 3 is 2.69 bits per heavy atom. The molecule has 1 N–H and O–H groups in total. The SMILES string of the molecule is C=C1NC2=C(C(=O)CCC2)C(c2cccc(F)c2)C1C(=O)OCc1ccccc1. The normalized spacial score (nSPS) is 21.4. The van der Waals surface area contributed by atoms with Gasteiger partial charge in [-0.3, -0.25) is 9.59 Å². The van der Waals surface area contributed by atoms with Gasteiger partial charge in [0, 0.05) is 29.3 Å². The van der Waals surface area contributed by atoms with Crippen molar-refractivity contribution in [3.8, 4) is 0 Å².